The molecule has 0 saturated carbocycles. The molecule has 1 aromatic heterocycles. The van der Waals surface area contributed by atoms with Crippen molar-refractivity contribution in [3.05, 3.63) is 40.8 Å². The van der Waals surface area contributed by atoms with Crippen LogP contribution in [0, 0.1) is 5.82 Å². The zero-order chi connectivity index (χ0) is 11.7. The first kappa shape index (κ1) is 10.8. The Morgan fingerprint density at radius 1 is 1.44 bits per heavy atom. The van der Waals surface area contributed by atoms with Crippen molar-refractivity contribution in [2.24, 2.45) is 0 Å². The highest BCUT2D eigenvalue weighted by molar-refractivity contribution is 6.35. The van der Waals surface area contributed by atoms with E-state index in [-0.39, 0.29) is 5.69 Å². The Labute approximate surface area is 95.8 Å². The molecule has 0 atom stereocenters. The number of halogens is 2. The zero-order valence-electron chi connectivity index (χ0n) is 8.33. The number of hydrogen-bond acceptors (Lipinski definition) is 3. The van der Waals surface area contributed by atoms with Crippen molar-refractivity contribution >= 4 is 28.5 Å². The van der Waals surface area contributed by atoms with E-state index >= 15 is 0 Å². The minimum Gasteiger partial charge on any atom is -0.464 e. The molecule has 0 aliphatic rings. The number of esters is 1. The van der Waals surface area contributed by atoms with Crippen LogP contribution in [-0.4, -0.2) is 18.1 Å². The van der Waals surface area contributed by atoms with Crippen LogP contribution >= 0.6 is 11.6 Å². The van der Waals surface area contributed by atoms with Gasteiger partial charge < -0.3 is 4.74 Å². The second-order valence-electron chi connectivity index (χ2n) is 3.14. The highest BCUT2D eigenvalue weighted by Gasteiger charge is 2.11. The van der Waals surface area contributed by atoms with Gasteiger partial charge in [0.25, 0.3) is 0 Å². The summed E-state index contributed by atoms with van der Waals surface area (Å²) in [6, 6.07) is 5.41. The average molecular weight is 240 g/mol. The summed E-state index contributed by atoms with van der Waals surface area (Å²) in [7, 11) is 1.24. The number of ether oxygens (including phenoxy) is 1. The van der Waals surface area contributed by atoms with Gasteiger partial charge in [0.05, 0.1) is 17.6 Å². The van der Waals surface area contributed by atoms with Gasteiger partial charge in [-0.05, 0) is 18.2 Å². The standard InChI is InChI=1S/C11H7ClFNO2/c1-16-11(15)10-5-8(12)7-3-2-6(13)4-9(7)14-10/h2-5H,1H3. The number of carbonyl (C=O) groups is 1. The Morgan fingerprint density at radius 2 is 2.19 bits per heavy atom. The lowest BCUT2D eigenvalue weighted by Crippen LogP contribution is -2.04. The summed E-state index contributed by atoms with van der Waals surface area (Å²) in [6.07, 6.45) is 0. The first-order valence-electron chi connectivity index (χ1n) is 4.46. The molecule has 0 radical (unpaired) electrons. The number of pyridine rings is 1. The fourth-order valence-electron chi connectivity index (χ4n) is 1.37. The fraction of sp³-hybridized carbons (Fsp3) is 0.0909. The minimum absolute atomic E-state index is 0.0607. The van der Waals surface area contributed by atoms with E-state index in [4.69, 9.17) is 11.6 Å². The van der Waals surface area contributed by atoms with Crippen LogP contribution in [0.25, 0.3) is 10.9 Å². The molecule has 2 rings (SSSR count). The van der Waals surface area contributed by atoms with E-state index in [0.717, 1.165) is 0 Å². The van der Waals surface area contributed by atoms with E-state index in [1.165, 1.54) is 31.4 Å². The lowest BCUT2D eigenvalue weighted by molar-refractivity contribution is 0.0594. The van der Waals surface area contributed by atoms with Crippen molar-refractivity contribution in [3.8, 4) is 0 Å². The molecule has 1 heterocycles. The number of benzene rings is 1. The fourth-order valence-corrected chi connectivity index (χ4v) is 1.63. The predicted octanol–water partition coefficient (Wildman–Crippen LogP) is 2.81. The quantitative estimate of drug-likeness (QED) is 0.719. The average Bonchev–Trinajstić information content (AvgIpc) is 2.27. The van der Waals surface area contributed by atoms with E-state index in [2.05, 4.69) is 9.72 Å². The third-order valence-electron chi connectivity index (χ3n) is 2.12. The third-order valence-corrected chi connectivity index (χ3v) is 2.43. The molecule has 0 unspecified atom stereocenters. The van der Waals surface area contributed by atoms with Gasteiger partial charge in [-0.15, -0.1) is 0 Å². The maximum Gasteiger partial charge on any atom is 0.356 e. The number of aromatic nitrogens is 1. The Morgan fingerprint density at radius 3 is 2.88 bits per heavy atom. The van der Waals surface area contributed by atoms with Crippen molar-refractivity contribution in [2.75, 3.05) is 7.11 Å². The van der Waals surface area contributed by atoms with Crippen LogP contribution in [0.3, 0.4) is 0 Å². The van der Waals surface area contributed by atoms with Gasteiger partial charge in [-0.2, -0.15) is 0 Å². The summed E-state index contributed by atoms with van der Waals surface area (Å²) >= 11 is 5.95. The SMILES string of the molecule is COC(=O)c1cc(Cl)c2ccc(F)cc2n1. The first-order chi connectivity index (χ1) is 7.61. The summed E-state index contributed by atoms with van der Waals surface area (Å²) in [6.45, 7) is 0. The molecule has 0 saturated heterocycles. The van der Waals surface area contributed by atoms with E-state index in [9.17, 15) is 9.18 Å². The van der Waals surface area contributed by atoms with E-state index in [1.54, 1.807) is 0 Å². The Hall–Kier alpha value is -1.68. The molecule has 0 N–H and O–H groups in total. The lowest BCUT2D eigenvalue weighted by atomic mass is 10.2. The summed E-state index contributed by atoms with van der Waals surface area (Å²) in [4.78, 5) is 15.2. The van der Waals surface area contributed by atoms with Gasteiger partial charge in [-0.3, -0.25) is 0 Å². The van der Waals surface area contributed by atoms with Crippen molar-refractivity contribution in [1.29, 1.82) is 0 Å². The Kier molecular flexibility index (Phi) is 2.75. The maximum atomic E-state index is 13.0. The molecule has 0 bridgehead atoms. The molecule has 0 amide bonds. The number of hydrogen-bond donors (Lipinski definition) is 0. The third kappa shape index (κ3) is 1.84. The molecule has 0 aliphatic heterocycles. The zero-order valence-corrected chi connectivity index (χ0v) is 9.08. The topological polar surface area (TPSA) is 39.2 Å². The van der Waals surface area contributed by atoms with E-state index < -0.39 is 11.8 Å². The highest BCUT2D eigenvalue weighted by atomic mass is 35.5. The molecule has 3 nitrogen and oxygen atoms in total. The number of nitrogens with zero attached hydrogens (tertiary/aromatic N) is 1. The summed E-state index contributed by atoms with van der Waals surface area (Å²) in [5.74, 6) is -1.04. The highest BCUT2D eigenvalue weighted by Crippen LogP contribution is 2.23. The normalized spacial score (nSPS) is 10.4. The first-order valence-corrected chi connectivity index (χ1v) is 4.84. The van der Waals surface area contributed by atoms with Crippen LogP contribution in [0.4, 0.5) is 4.39 Å². The number of rotatable bonds is 1. The van der Waals surface area contributed by atoms with E-state index in [1.807, 2.05) is 0 Å². The molecule has 16 heavy (non-hydrogen) atoms. The van der Waals surface area contributed by atoms with Crippen LogP contribution in [0.5, 0.6) is 0 Å². The van der Waals surface area contributed by atoms with Crippen molar-refractivity contribution in [2.45, 2.75) is 0 Å². The van der Waals surface area contributed by atoms with Gasteiger partial charge in [0, 0.05) is 11.5 Å². The number of methoxy groups -OCH3 is 1. The van der Waals surface area contributed by atoms with Crippen molar-refractivity contribution in [1.82, 2.24) is 4.98 Å². The second-order valence-corrected chi connectivity index (χ2v) is 3.55. The molecule has 5 heteroatoms. The van der Waals surface area contributed by atoms with Crippen LogP contribution in [0.1, 0.15) is 10.5 Å². The van der Waals surface area contributed by atoms with Crippen molar-refractivity contribution in [3.63, 3.8) is 0 Å². The Bertz CT molecular complexity index is 571. The summed E-state index contributed by atoms with van der Waals surface area (Å²) in [5, 5.41) is 0.932. The summed E-state index contributed by atoms with van der Waals surface area (Å²) < 4.78 is 17.5. The van der Waals surface area contributed by atoms with Gasteiger partial charge in [0.2, 0.25) is 0 Å². The second kappa shape index (κ2) is 4.06. The molecular weight excluding hydrogens is 233 g/mol. The molecule has 0 spiro atoms. The lowest BCUT2D eigenvalue weighted by Gasteiger charge is -2.03. The minimum atomic E-state index is -0.604. The van der Waals surface area contributed by atoms with Gasteiger partial charge in [-0.25, -0.2) is 14.2 Å². The van der Waals surface area contributed by atoms with Crippen LogP contribution < -0.4 is 0 Å². The van der Waals surface area contributed by atoms with Gasteiger partial charge >= 0.3 is 5.97 Å². The van der Waals surface area contributed by atoms with Crippen LogP contribution in [-0.2, 0) is 4.74 Å². The molecule has 82 valence electrons. The molecule has 1 aromatic carbocycles. The number of fused-ring (bicyclic) bond motifs is 1. The van der Waals surface area contributed by atoms with Crippen LogP contribution in [0.2, 0.25) is 5.02 Å². The molecule has 2 aromatic rings. The monoisotopic (exact) mass is 239 g/mol. The predicted molar refractivity (Wildman–Crippen MR) is 58.1 cm³/mol. The smallest absolute Gasteiger partial charge is 0.356 e. The van der Waals surface area contributed by atoms with E-state index in [0.29, 0.717) is 15.9 Å². The van der Waals surface area contributed by atoms with Gasteiger partial charge in [-0.1, -0.05) is 11.6 Å². The van der Waals surface area contributed by atoms with Gasteiger partial charge in [0.1, 0.15) is 5.82 Å². The maximum absolute atomic E-state index is 13.0. The number of carbonyl (C=O) groups excluding carboxylic acids is 1. The largest absolute Gasteiger partial charge is 0.464 e. The molecule has 0 fully saturated rings. The Balaban J connectivity index is 2.69. The van der Waals surface area contributed by atoms with Crippen molar-refractivity contribution < 1.29 is 13.9 Å². The molecular formula is C11H7ClFNO2. The summed E-state index contributed by atoms with van der Waals surface area (Å²) in [5.41, 5.74) is 0.388. The van der Waals surface area contributed by atoms with Crippen LogP contribution in [0.15, 0.2) is 24.3 Å². The van der Waals surface area contributed by atoms with Gasteiger partial charge in [0.15, 0.2) is 5.69 Å². The molecule has 0 aliphatic carbocycles.